The first-order valence-electron chi connectivity index (χ1n) is 6.60. The minimum atomic E-state index is 0. The Labute approximate surface area is 149 Å². The van der Waals surface area contributed by atoms with Crippen molar-refractivity contribution in [3.63, 3.8) is 0 Å². The van der Waals surface area contributed by atoms with E-state index in [1.165, 1.54) is 51.4 Å². The van der Waals surface area contributed by atoms with E-state index in [4.69, 9.17) is 0 Å². The second-order valence-electron chi connectivity index (χ2n) is 4.20. The van der Waals surface area contributed by atoms with Crippen LogP contribution in [-0.2, 0) is 39.0 Å². The third kappa shape index (κ3) is 20.4. The molecule has 0 fully saturated rings. The molecule has 0 aliphatic heterocycles. The molecule has 0 unspecified atom stereocenters. The summed E-state index contributed by atoms with van der Waals surface area (Å²) in [5.41, 5.74) is 0. The largest absolute Gasteiger partial charge is 0.412 e. The molecule has 0 heterocycles. The molecule has 2 aliphatic carbocycles. The molecule has 0 aromatic heterocycles. The molecule has 2 nitrogen and oxygen atoms in total. The zero-order valence-corrected chi connectivity index (χ0v) is 15.2. The van der Waals surface area contributed by atoms with E-state index >= 15 is 0 Å². The maximum Gasteiger partial charge on any atom is 0 e. The third-order valence-corrected chi connectivity index (χ3v) is 2.67. The molecular weight excluding hydrogens is 430 g/mol. The van der Waals surface area contributed by atoms with E-state index in [9.17, 15) is 0 Å². The predicted molar refractivity (Wildman–Crippen MR) is 80.7 cm³/mol. The minimum absolute atomic E-state index is 0. The summed E-state index contributed by atoms with van der Waals surface area (Å²) in [6.45, 7) is 0. The van der Waals surface area contributed by atoms with Crippen molar-refractivity contribution in [1.82, 2.24) is 0 Å². The molecule has 0 aromatic carbocycles. The Balaban J connectivity index is -0.000000107. The summed E-state index contributed by atoms with van der Waals surface area (Å²) in [4.78, 5) is 0. The van der Waals surface area contributed by atoms with Crippen molar-refractivity contribution in [2.75, 3.05) is 0 Å². The molecule has 0 bridgehead atoms. The zero-order valence-electron chi connectivity index (χ0n) is 11.9. The van der Waals surface area contributed by atoms with Gasteiger partial charge >= 0.3 is 0 Å². The van der Waals surface area contributed by atoms with Gasteiger partial charge in [-0.2, -0.15) is 0 Å². The van der Waals surface area contributed by atoms with Crippen LogP contribution in [0.4, 0.5) is 0 Å². The van der Waals surface area contributed by atoms with E-state index in [2.05, 4.69) is 48.6 Å². The summed E-state index contributed by atoms with van der Waals surface area (Å²) in [5.74, 6) is 0. The predicted octanol–water partition coefficient (Wildman–Crippen LogP) is 3.69. The van der Waals surface area contributed by atoms with E-state index in [-0.39, 0.29) is 49.9 Å². The van der Waals surface area contributed by atoms with Gasteiger partial charge in [-0.1, -0.05) is 48.6 Å². The van der Waals surface area contributed by atoms with Gasteiger partial charge in [-0.25, -0.2) is 0 Å². The number of rotatable bonds is 0. The van der Waals surface area contributed by atoms with Crippen LogP contribution in [0.5, 0.6) is 0 Å². The monoisotopic (exact) mass is 458 g/mol. The van der Waals surface area contributed by atoms with Crippen molar-refractivity contribution in [2.24, 2.45) is 0 Å². The molecular formula is C16H28O2Rh2. The molecule has 122 valence electrons. The van der Waals surface area contributed by atoms with E-state index in [0.717, 1.165) is 0 Å². The van der Waals surface area contributed by atoms with Crippen molar-refractivity contribution in [3.8, 4) is 0 Å². The number of hydrogen-bond acceptors (Lipinski definition) is 0. The first kappa shape index (κ1) is 28.3. The average molecular weight is 458 g/mol. The van der Waals surface area contributed by atoms with Crippen LogP contribution in [0.2, 0.25) is 0 Å². The van der Waals surface area contributed by atoms with Gasteiger partial charge < -0.3 is 11.0 Å². The van der Waals surface area contributed by atoms with Gasteiger partial charge in [0.15, 0.2) is 0 Å². The summed E-state index contributed by atoms with van der Waals surface area (Å²) < 4.78 is 0. The molecule has 0 atom stereocenters. The molecule has 2 radical (unpaired) electrons. The SMILES string of the molecule is C1=CCCC=CCC1.C1=CCCC=CCC1.O.O.[Rh].[Rh]. The Morgan fingerprint density at radius 1 is 0.300 bits per heavy atom. The van der Waals surface area contributed by atoms with Crippen molar-refractivity contribution < 1.29 is 49.9 Å². The zero-order chi connectivity index (χ0) is 11.3. The van der Waals surface area contributed by atoms with Crippen molar-refractivity contribution in [2.45, 2.75) is 51.4 Å². The van der Waals surface area contributed by atoms with E-state index in [1.54, 1.807) is 0 Å². The van der Waals surface area contributed by atoms with Gasteiger partial charge in [0.05, 0.1) is 0 Å². The molecule has 20 heavy (non-hydrogen) atoms. The van der Waals surface area contributed by atoms with Crippen molar-refractivity contribution in [1.29, 1.82) is 0 Å². The summed E-state index contributed by atoms with van der Waals surface area (Å²) in [7, 11) is 0. The fourth-order valence-corrected chi connectivity index (χ4v) is 1.71. The Morgan fingerprint density at radius 3 is 0.500 bits per heavy atom. The number of allylic oxidation sites excluding steroid dienone is 8. The Hall–Kier alpha value is 0.127. The molecule has 4 heteroatoms. The Morgan fingerprint density at radius 2 is 0.400 bits per heavy atom. The van der Waals surface area contributed by atoms with Crippen LogP contribution >= 0.6 is 0 Å². The standard InChI is InChI=1S/2C8H12.2H2O.2Rh/c2*1-2-4-6-8-7-5-3-1;;;;/h2*1-2,7-8H,3-6H2;2*1H2;;. The van der Waals surface area contributed by atoms with Crippen molar-refractivity contribution in [3.05, 3.63) is 48.6 Å². The Bertz CT molecular complexity index is 192. The summed E-state index contributed by atoms with van der Waals surface area (Å²) in [5, 5.41) is 0. The first-order valence-corrected chi connectivity index (χ1v) is 6.60. The van der Waals surface area contributed by atoms with Crippen LogP contribution in [0.1, 0.15) is 51.4 Å². The maximum absolute atomic E-state index is 2.27. The normalized spacial score (nSPS) is 16.0. The van der Waals surface area contributed by atoms with Crippen LogP contribution in [-0.4, -0.2) is 11.0 Å². The quantitative estimate of drug-likeness (QED) is 0.393. The summed E-state index contributed by atoms with van der Waals surface area (Å²) in [6.07, 6.45) is 28.0. The van der Waals surface area contributed by atoms with Crippen LogP contribution in [0.3, 0.4) is 0 Å². The van der Waals surface area contributed by atoms with Crippen LogP contribution in [0.15, 0.2) is 48.6 Å². The average Bonchev–Trinajstić information content (AvgIpc) is 2.15. The van der Waals surface area contributed by atoms with Crippen LogP contribution < -0.4 is 0 Å². The maximum atomic E-state index is 2.27. The first-order chi connectivity index (χ1) is 8.00. The summed E-state index contributed by atoms with van der Waals surface area (Å²) >= 11 is 0. The smallest absolute Gasteiger partial charge is 0 e. The fourth-order valence-electron chi connectivity index (χ4n) is 1.71. The topological polar surface area (TPSA) is 63.0 Å². The van der Waals surface area contributed by atoms with Gasteiger partial charge in [-0.3, -0.25) is 0 Å². The molecule has 0 saturated carbocycles. The molecule has 4 N–H and O–H groups in total. The van der Waals surface area contributed by atoms with Crippen molar-refractivity contribution >= 4 is 0 Å². The second kappa shape index (κ2) is 24.2. The molecule has 0 aromatic rings. The van der Waals surface area contributed by atoms with Gasteiger partial charge in [0.1, 0.15) is 0 Å². The van der Waals surface area contributed by atoms with Crippen LogP contribution in [0.25, 0.3) is 0 Å². The van der Waals surface area contributed by atoms with Crippen LogP contribution in [0, 0.1) is 0 Å². The van der Waals surface area contributed by atoms with E-state index < -0.39 is 0 Å². The molecule has 0 saturated heterocycles. The van der Waals surface area contributed by atoms with Gasteiger partial charge in [0, 0.05) is 39.0 Å². The molecule has 2 rings (SSSR count). The van der Waals surface area contributed by atoms with Gasteiger partial charge in [0.25, 0.3) is 0 Å². The number of hydrogen-bond donors (Lipinski definition) is 0. The molecule has 2 aliphatic rings. The second-order valence-corrected chi connectivity index (χ2v) is 4.20. The molecule has 0 amide bonds. The molecule has 0 spiro atoms. The third-order valence-electron chi connectivity index (χ3n) is 2.67. The van der Waals surface area contributed by atoms with Gasteiger partial charge in [-0.05, 0) is 51.4 Å². The van der Waals surface area contributed by atoms with Gasteiger partial charge in [0.2, 0.25) is 0 Å². The van der Waals surface area contributed by atoms with Gasteiger partial charge in [-0.15, -0.1) is 0 Å². The fraction of sp³-hybridized carbons (Fsp3) is 0.500. The van der Waals surface area contributed by atoms with E-state index in [1.807, 2.05) is 0 Å². The minimum Gasteiger partial charge on any atom is -0.412 e. The summed E-state index contributed by atoms with van der Waals surface area (Å²) in [6, 6.07) is 0. The van der Waals surface area contributed by atoms with E-state index in [0.29, 0.717) is 0 Å². The Kier molecular flexibility index (Phi) is 34.2.